The summed E-state index contributed by atoms with van der Waals surface area (Å²) in [6.07, 6.45) is 1.77. The van der Waals surface area contributed by atoms with Crippen molar-refractivity contribution in [3.8, 4) is 0 Å². The first-order valence-electron chi connectivity index (χ1n) is 4.09. The molecule has 1 rings (SSSR count). The van der Waals surface area contributed by atoms with Gasteiger partial charge in [0.1, 0.15) is 5.15 Å². The Morgan fingerprint density at radius 1 is 1.71 bits per heavy atom. The van der Waals surface area contributed by atoms with Crippen molar-refractivity contribution in [1.82, 2.24) is 4.98 Å². The lowest BCUT2D eigenvalue weighted by atomic mass is 10.2. The van der Waals surface area contributed by atoms with Crippen LogP contribution < -0.4 is 0 Å². The second-order valence-corrected chi connectivity index (χ2v) is 3.82. The predicted octanol–water partition coefficient (Wildman–Crippen LogP) is 2.60. The van der Waals surface area contributed by atoms with Gasteiger partial charge in [0.25, 0.3) is 0 Å². The van der Waals surface area contributed by atoms with Crippen LogP contribution in [0.3, 0.4) is 0 Å². The molecule has 0 aliphatic carbocycles. The number of halogens is 2. The Morgan fingerprint density at radius 2 is 2.43 bits per heavy atom. The molecule has 5 heteroatoms. The van der Waals surface area contributed by atoms with Crippen LogP contribution in [0.2, 0.25) is 5.15 Å². The molecule has 0 spiro atoms. The predicted molar refractivity (Wildman–Crippen MR) is 57.3 cm³/mol. The fraction of sp³-hybridized carbons (Fsp3) is 0.333. The van der Waals surface area contributed by atoms with Gasteiger partial charge in [0.2, 0.25) is 0 Å². The van der Waals surface area contributed by atoms with Gasteiger partial charge in [-0.15, -0.1) is 0 Å². The van der Waals surface area contributed by atoms with Gasteiger partial charge in [-0.2, -0.15) is 0 Å². The largest absolute Gasteiger partial charge is 0.466 e. The van der Waals surface area contributed by atoms with Gasteiger partial charge in [-0.3, -0.25) is 4.79 Å². The van der Waals surface area contributed by atoms with Crippen LogP contribution in [0.4, 0.5) is 0 Å². The quantitative estimate of drug-likeness (QED) is 0.630. The molecule has 76 valence electrons. The molecule has 0 amide bonds. The third kappa shape index (κ3) is 3.27. The zero-order valence-corrected chi connectivity index (χ0v) is 9.93. The summed E-state index contributed by atoms with van der Waals surface area (Å²) in [5.41, 5.74) is 0.781. The van der Waals surface area contributed by atoms with Crippen molar-refractivity contribution in [1.29, 1.82) is 0 Å². The number of aromatic nitrogens is 1. The molecule has 0 N–H and O–H groups in total. The van der Waals surface area contributed by atoms with Crippen molar-refractivity contribution < 1.29 is 9.53 Å². The van der Waals surface area contributed by atoms with E-state index in [1.165, 1.54) is 0 Å². The third-order valence-corrected chi connectivity index (χ3v) is 2.46. The first-order valence-corrected chi connectivity index (χ1v) is 5.26. The molecule has 0 fully saturated rings. The monoisotopic (exact) mass is 277 g/mol. The molecule has 0 aliphatic heterocycles. The highest BCUT2D eigenvalue weighted by Crippen LogP contribution is 2.19. The highest BCUT2D eigenvalue weighted by atomic mass is 79.9. The van der Waals surface area contributed by atoms with Crippen LogP contribution in [0.1, 0.15) is 12.5 Å². The van der Waals surface area contributed by atoms with Crippen LogP contribution in [0.25, 0.3) is 0 Å². The van der Waals surface area contributed by atoms with E-state index in [-0.39, 0.29) is 12.4 Å². The minimum absolute atomic E-state index is 0.205. The van der Waals surface area contributed by atoms with E-state index in [0.29, 0.717) is 11.8 Å². The van der Waals surface area contributed by atoms with Gasteiger partial charge in [0.15, 0.2) is 0 Å². The first kappa shape index (κ1) is 11.5. The molecule has 0 aromatic carbocycles. The van der Waals surface area contributed by atoms with E-state index < -0.39 is 0 Å². The molecular weight excluding hydrogens is 269 g/mol. The van der Waals surface area contributed by atoms with Gasteiger partial charge in [0.05, 0.1) is 13.0 Å². The van der Waals surface area contributed by atoms with Crippen LogP contribution in [-0.4, -0.2) is 17.6 Å². The topological polar surface area (TPSA) is 39.2 Å². The van der Waals surface area contributed by atoms with Crippen LogP contribution in [0.5, 0.6) is 0 Å². The molecule has 3 nitrogen and oxygen atoms in total. The van der Waals surface area contributed by atoms with Crippen molar-refractivity contribution in [3.63, 3.8) is 0 Å². The molecule has 1 aromatic heterocycles. The Morgan fingerprint density at radius 3 is 3.07 bits per heavy atom. The number of pyridine rings is 1. The van der Waals surface area contributed by atoms with E-state index in [4.69, 9.17) is 16.3 Å². The van der Waals surface area contributed by atoms with E-state index in [1.54, 1.807) is 19.2 Å². The first-order chi connectivity index (χ1) is 6.63. The van der Waals surface area contributed by atoms with Crippen molar-refractivity contribution in [2.75, 3.05) is 6.61 Å². The van der Waals surface area contributed by atoms with Crippen molar-refractivity contribution in [2.24, 2.45) is 0 Å². The van der Waals surface area contributed by atoms with E-state index in [9.17, 15) is 4.79 Å². The third-order valence-electron chi connectivity index (χ3n) is 1.54. The summed E-state index contributed by atoms with van der Waals surface area (Å²) in [6.45, 7) is 2.15. The van der Waals surface area contributed by atoms with Gasteiger partial charge in [-0.05, 0) is 34.5 Å². The second-order valence-electron chi connectivity index (χ2n) is 2.58. The lowest BCUT2D eigenvalue weighted by Crippen LogP contribution is -2.08. The number of hydrogen-bond donors (Lipinski definition) is 0. The summed E-state index contributed by atoms with van der Waals surface area (Å²) in [6, 6.07) is 1.64. The Labute approximate surface area is 95.6 Å². The maximum atomic E-state index is 11.2. The van der Waals surface area contributed by atoms with Crippen LogP contribution in [-0.2, 0) is 16.0 Å². The second kappa shape index (κ2) is 5.32. The smallest absolute Gasteiger partial charge is 0.310 e. The van der Waals surface area contributed by atoms with Crippen LogP contribution in [0, 0.1) is 0 Å². The van der Waals surface area contributed by atoms with E-state index in [2.05, 4.69) is 20.9 Å². The summed E-state index contributed by atoms with van der Waals surface area (Å²) < 4.78 is 5.58. The van der Waals surface area contributed by atoms with Crippen LogP contribution in [0.15, 0.2) is 16.7 Å². The summed E-state index contributed by atoms with van der Waals surface area (Å²) in [5.74, 6) is -0.268. The summed E-state index contributed by atoms with van der Waals surface area (Å²) >= 11 is 8.97. The van der Waals surface area contributed by atoms with Gasteiger partial charge in [-0.1, -0.05) is 11.6 Å². The van der Waals surface area contributed by atoms with Crippen molar-refractivity contribution >= 4 is 33.5 Å². The molecule has 0 saturated carbocycles. The van der Waals surface area contributed by atoms with E-state index in [1.807, 2.05) is 0 Å². The number of nitrogens with zero attached hydrogens (tertiary/aromatic N) is 1. The number of esters is 1. The average molecular weight is 279 g/mol. The van der Waals surface area contributed by atoms with Gasteiger partial charge in [-0.25, -0.2) is 4.98 Å². The Balaban J connectivity index is 2.75. The molecular formula is C9H9BrClNO2. The van der Waals surface area contributed by atoms with Crippen molar-refractivity contribution in [2.45, 2.75) is 13.3 Å². The summed E-state index contributed by atoms with van der Waals surface area (Å²) in [5, 5.41) is 0.368. The molecule has 1 heterocycles. The maximum Gasteiger partial charge on any atom is 0.310 e. The lowest BCUT2D eigenvalue weighted by molar-refractivity contribution is -0.142. The highest BCUT2D eigenvalue weighted by Gasteiger charge is 2.08. The number of hydrogen-bond acceptors (Lipinski definition) is 3. The standard InChI is InChI=1S/C9H9BrClNO2/c1-2-14-9(13)4-6-3-8(11)12-5-7(6)10/h3,5H,2,4H2,1H3. The van der Waals surface area contributed by atoms with Gasteiger partial charge < -0.3 is 4.74 Å². The Bertz CT molecular complexity index is 344. The molecule has 0 atom stereocenters. The number of carbonyl (C=O) groups is 1. The fourth-order valence-corrected chi connectivity index (χ4v) is 1.49. The molecule has 0 unspecified atom stereocenters. The molecule has 14 heavy (non-hydrogen) atoms. The molecule has 0 aliphatic rings. The van der Waals surface area contributed by atoms with Crippen LogP contribution >= 0.6 is 27.5 Å². The zero-order chi connectivity index (χ0) is 10.6. The molecule has 1 aromatic rings. The number of ether oxygens (including phenoxy) is 1. The Hall–Kier alpha value is -0.610. The number of rotatable bonds is 3. The number of carbonyl (C=O) groups excluding carboxylic acids is 1. The summed E-state index contributed by atoms with van der Waals surface area (Å²) in [7, 11) is 0. The molecule has 0 radical (unpaired) electrons. The normalized spacial score (nSPS) is 9.93. The van der Waals surface area contributed by atoms with Crippen molar-refractivity contribution in [3.05, 3.63) is 27.5 Å². The fourth-order valence-electron chi connectivity index (χ4n) is 0.954. The minimum atomic E-state index is -0.268. The highest BCUT2D eigenvalue weighted by molar-refractivity contribution is 9.10. The SMILES string of the molecule is CCOC(=O)Cc1cc(Cl)ncc1Br. The molecule has 0 bridgehead atoms. The minimum Gasteiger partial charge on any atom is -0.466 e. The zero-order valence-electron chi connectivity index (χ0n) is 7.59. The Kier molecular flexibility index (Phi) is 4.35. The average Bonchev–Trinajstić information content (AvgIpc) is 2.12. The summed E-state index contributed by atoms with van der Waals surface area (Å²) in [4.78, 5) is 15.0. The lowest BCUT2D eigenvalue weighted by Gasteiger charge is -2.04. The van der Waals surface area contributed by atoms with Gasteiger partial charge in [0, 0.05) is 10.7 Å². The van der Waals surface area contributed by atoms with E-state index in [0.717, 1.165) is 10.0 Å². The molecule has 0 saturated heterocycles. The van der Waals surface area contributed by atoms with Gasteiger partial charge >= 0.3 is 5.97 Å². The maximum absolute atomic E-state index is 11.2. The van der Waals surface area contributed by atoms with E-state index >= 15 is 0 Å².